The first-order valence-corrected chi connectivity index (χ1v) is 12.5. The third-order valence-corrected chi connectivity index (χ3v) is 5.99. The topological polar surface area (TPSA) is 91.2 Å². The normalized spacial score (nSPS) is 11.0. The highest BCUT2D eigenvalue weighted by molar-refractivity contribution is 5.75. The molecule has 0 saturated heterocycles. The molecule has 0 radical (unpaired) electrons. The number of rotatable bonds is 11. The van der Waals surface area contributed by atoms with Gasteiger partial charge in [0.1, 0.15) is 17.1 Å². The van der Waals surface area contributed by atoms with Crippen LogP contribution in [0.25, 0.3) is 22.3 Å². The van der Waals surface area contributed by atoms with Crippen molar-refractivity contribution in [3.8, 4) is 16.9 Å². The molecule has 4 rings (SSSR count). The van der Waals surface area contributed by atoms with E-state index in [4.69, 9.17) is 14.7 Å². The van der Waals surface area contributed by atoms with Crippen molar-refractivity contribution in [1.82, 2.24) is 19.5 Å². The third-order valence-electron chi connectivity index (χ3n) is 5.99. The van der Waals surface area contributed by atoms with Gasteiger partial charge in [-0.05, 0) is 30.0 Å². The van der Waals surface area contributed by atoms with Gasteiger partial charge in [0.15, 0.2) is 5.65 Å². The maximum atomic E-state index is 11.6. The van der Waals surface area contributed by atoms with E-state index in [0.29, 0.717) is 18.2 Å². The minimum absolute atomic E-state index is 0.458. The Morgan fingerprint density at radius 2 is 1.78 bits per heavy atom. The molecule has 0 unspecified atom stereocenters. The van der Waals surface area contributed by atoms with Crippen LogP contribution < -0.4 is 10.1 Å². The monoisotopic (exact) mass is 487 g/mol. The van der Waals surface area contributed by atoms with Crippen molar-refractivity contribution in [3.63, 3.8) is 0 Å². The average Bonchev–Trinajstić information content (AvgIpc) is 3.24. The lowest BCUT2D eigenvalue weighted by molar-refractivity contribution is 0.121. The molecule has 0 fully saturated rings. The van der Waals surface area contributed by atoms with E-state index < -0.39 is 6.16 Å². The average molecular weight is 488 g/mol. The van der Waals surface area contributed by atoms with Gasteiger partial charge in [-0.1, -0.05) is 69.2 Å². The van der Waals surface area contributed by atoms with Crippen LogP contribution >= 0.6 is 0 Å². The zero-order valence-electron chi connectivity index (χ0n) is 21.2. The van der Waals surface area contributed by atoms with Crippen LogP contribution in [-0.2, 0) is 17.7 Å². The minimum Gasteiger partial charge on any atom is -0.437 e. The molecule has 4 aromatic rings. The van der Waals surface area contributed by atoms with Gasteiger partial charge in [0.25, 0.3) is 0 Å². The van der Waals surface area contributed by atoms with E-state index in [9.17, 15) is 4.79 Å². The number of unbranched alkanes of at least 4 members (excludes halogenated alkanes) is 2. The molecule has 2 aromatic heterocycles. The summed E-state index contributed by atoms with van der Waals surface area (Å²) < 4.78 is 12.2. The van der Waals surface area contributed by atoms with E-state index in [1.54, 1.807) is 6.07 Å². The number of nitrogens with one attached hydrogen (secondary N) is 1. The summed E-state index contributed by atoms with van der Waals surface area (Å²) in [5.41, 5.74) is 4.55. The quantitative estimate of drug-likeness (QED) is 0.152. The number of hydrogen-bond acceptors (Lipinski definition) is 7. The largest absolute Gasteiger partial charge is 0.513 e. The van der Waals surface area contributed by atoms with Crippen molar-refractivity contribution in [3.05, 3.63) is 66.1 Å². The minimum atomic E-state index is -0.740. The van der Waals surface area contributed by atoms with Gasteiger partial charge in [-0.3, -0.25) is 0 Å². The van der Waals surface area contributed by atoms with Crippen molar-refractivity contribution in [2.75, 3.05) is 19.0 Å². The van der Waals surface area contributed by atoms with Crippen LogP contribution in [0.3, 0.4) is 0 Å². The molecule has 0 saturated carbocycles. The maximum Gasteiger partial charge on any atom is 0.513 e. The number of fused-ring (bicyclic) bond motifs is 1. The molecule has 0 aliphatic rings. The fourth-order valence-electron chi connectivity index (χ4n) is 4.02. The Morgan fingerprint density at radius 1 is 1.00 bits per heavy atom. The molecule has 1 N–H and O–H groups in total. The number of aromatic nitrogens is 4. The summed E-state index contributed by atoms with van der Waals surface area (Å²) >= 11 is 0. The van der Waals surface area contributed by atoms with E-state index >= 15 is 0 Å². The molecule has 0 aliphatic carbocycles. The van der Waals surface area contributed by atoms with Crippen LogP contribution in [0.2, 0.25) is 0 Å². The van der Waals surface area contributed by atoms with Crippen LogP contribution in [0.5, 0.6) is 5.75 Å². The highest BCUT2D eigenvalue weighted by Crippen LogP contribution is 2.30. The van der Waals surface area contributed by atoms with Crippen molar-refractivity contribution in [2.24, 2.45) is 0 Å². The standard InChI is InChI=1S/C28H33N5O3/c1-4-6-12-25-31-23-18-30-27(29-17-7-5-2)32-26(23)33(25)19-20-13-15-21(16-14-20)22-10-8-9-11-24(22)36-28(34)35-3/h8-11,13-16,18H,4-7,12,17,19H2,1-3H3,(H,29,30,32). The van der Waals surface area contributed by atoms with Gasteiger partial charge >= 0.3 is 6.16 Å². The van der Waals surface area contributed by atoms with Gasteiger partial charge in [-0.2, -0.15) is 4.98 Å². The number of carbonyl (C=O) groups is 1. The molecule has 188 valence electrons. The molecule has 0 aliphatic heterocycles. The summed E-state index contributed by atoms with van der Waals surface area (Å²) in [6, 6.07) is 15.6. The molecule has 0 bridgehead atoms. The number of para-hydroxylation sites is 1. The number of ether oxygens (including phenoxy) is 2. The van der Waals surface area contributed by atoms with Crippen molar-refractivity contribution < 1.29 is 14.3 Å². The SMILES string of the molecule is CCCCNc1ncc2nc(CCCC)n(Cc3ccc(-c4ccccc4OC(=O)OC)cc3)c2n1. The summed E-state index contributed by atoms with van der Waals surface area (Å²) in [7, 11) is 1.30. The van der Waals surface area contributed by atoms with Crippen molar-refractivity contribution >= 4 is 23.3 Å². The van der Waals surface area contributed by atoms with Crippen molar-refractivity contribution in [1.29, 1.82) is 0 Å². The lowest BCUT2D eigenvalue weighted by atomic mass is 10.0. The number of anilines is 1. The number of imidazole rings is 1. The van der Waals surface area contributed by atoms with Gasteiger partial charge in [0.2, 0.25) is 5.95 Å². The summed E-state index contributed by atoms with van der Waals surface area (Å²) in [6.45, 7) is 5.85. The molecule has 8 heteroatoms. The summed E-state index contributed by atoms with van der Waals surface area (Å²) in [5.74, 6) is 2.11. The first kappa shape index (κ1) is 25.2. The second-order valence-corrected chi connectivity index (χ2v) is 8.65. The second kappa shape index (κ2) is 12.2. The van der Waals surface area contributed by atoms with Gasteiger partial charge in [-0.15, -0.1) is 0 Å². The number of carbonyl (C=O) groups excluding carboxylic acids is 1. The van der Waals surface area contributed by atoms with E-state index in [2.05, 4.69) is 45.6 Å². The van der Waals surface area contributed by atoms with Gasteiger partial charge in [-0.25, -0.2) is 14.8 Å². The predicted molar refractivity (Wildman–Crippen MR) is 141 cm³/mol. The van der Waals surface area contributed by atoms with E-state index in [-0.39, 0.29) is 0 Å². The third kappa shape index (κ3) is 6.00. The molecule has 0 spiro atoms. The Kier molecular flexibility index (Phi) is 8.49. The summed E-state index contributed by atoms with van der Waals surface area (Å²) in [6.07, 6.45) is 6.31. The van der Waals surface area contributed by atoms with Gasteiger partial charge in [0.05, 0.1) is 19.9 Å². The molecular weight excluding hydrogens is 454 g/mol. The van der Waals surface area contributed by atoms with E-state index in [1.807, 2.05) is 36.5 Å². The number of benzene rings is 2. The highest BCUT2D eigenvalue weighted by Gasteiger charge is 2.15. The Hall–Kier alpha value is -3.94. The molecule has 2 aromatic carbocycles. The molecule has 2 heterocycles. The Balaban J connectivity index is 1.61. The summed E-state index contributed by atoms with van der Waals surface area (Å²) in [5, 5.41) is 3.32. The number of methoxy groups -OCH3 is 1. The van der Waals surface area contributed by atoms with E-state index in [1.165, 1.54) is 7.11 Å². The lowest BCUT2D eigenvalue weighted by Crippen LogP contribution is -2.09. The zero-order chi connectivity index (χ0) is 25.3. The summed E-state index contributed by atoms with van der Waals surface area (Å²) in [4.78, 5) is 25.7. The molecule has 36 heavy (non-hydrogen) atoms. The Bertz CT molecular complexity index is 1300. The molecule has 0 amide bonds. The van der Waals surface area contributed by atoms with Crippen LogP contribution in [-0.4, -0.2) is 39.3 Å². The van der Waals surface area contributed by atoms with Crippen LogP contribution in [0, 0.1) is 0 Å². The van der Waals surface area contributed by atoms with Gasteiger partial charge < -0.3 is 19.4 Å². The highest BCUT2D eigenvalue weighted by atomic mass is 16.7. The number of nitrogens with zero attached hydrogens (tertiary/aromatic N) is 4. The first-order valence-electron chi connectivity index (χ1n) is 12.5. The van der Waals surface area contributed by atoms with Gasteiger partial charge in [0, 0.05) is 18.5 Å². The molecule has 8 nitrogen and oxygen atoms in total. The van der Waals surface area contributed by atoms with Crippen LogP contribution in [0.1, 0.15) is 50.9 Å². The Morgan fingerprint density at radius 3 is 2.53 bits per heavy atom. The number of hydrogen-bond donors (Lipinski definition) is 1. The van der Waals surface area contributed by atoms with Crippen LogP contribution in [0.15, 0.2) is 54.7 Å². The second-order valence-electron chi connectivity index (χ2n) is 8.65. The predicted octanol–water partition coefficient (Wildman–Crippen LogP) is 6.24. The fraction of sp³-hybridized carbons (Fsp3) is 0.357. The maximum absolute atomic E-state index is 11.6. The number of aryl methyl sites for hydroxylation is 1. The molecular formula is C28H33N5O3. The lowest BCUT2D eigenvalue weighted by Gasteiger charge is -2.12. The van der Waals surface area contributed by atoms with Crippen molar-refractivity contribution in [2.45, 2.75) is 52.5 Å². The van der Waals surface area contributed by atoms with E-state index in [0.717, 1.165) is 72.3 Å². The van der Waals surface area contributed by atoms with Crippen LogP contribution in [0.4, 0.5) is 10.7 Å². The first-order chi connectivity index (χ1) is 17.6. The fourth-order valence-corrected chi connectivity index (χ4v) is 4.02. The zero-order valence-corrected chi connectivity index (χ0v) is 21.2. The smallest absolute Gasteiger partial charge is 0.437 e. The molecule has 0 atom stereocenters. The Labute approximate surface area is 211 Å².